The molecule has 28 heavy (non-hydrogen) atoms. The molecular weight excluding hydrogens is 356 g/mol. The van der Waals surface area contributed by atoms with Crippen molar-refractivity contribution in [1.29, 1.82) is 0 Å². The van der Waals surface area contributed by atoms with Gasteiger partial charge in [0.25, 0.3) is 0 Å². The first-order chi connectivity index (χ1) is 13.7. The van der Waals surface area contributed by atoms with Crippen LogP contribution in [0.2, 0.25) is 0 Å². The van der Waals surface area contributed by atoms with Gasteiger partial charge in [-0.05, 0) is 25.0 Å². The quantitative estimate of drug-likeness (QED) is 0.860. The summed E-state index contributed by atoms with van der Waals surface area (Å²) in [5, 5.41) is 7.43. The number of aromatic nitrogens is 2. The van der Waals surface area contributed by atoms with Crippen molar-refractivity contribution in [3.05, 3.63) is 36.5 Å². The molecule has 1 aliphatic carbocycles. The van der Waals surface area contributed by atoms with Gasteiger partial charge in [0, 0.05) is 19.0 Å². The predicted molar refractivity (Wildman–Crippen MR) is 106 cm³/mol. The number of hydrogen-bond donors (Lipinski definition) is 1. The van der Waals surface area contributed by atoms with E-state index >= 15 is 0 Å². The summed E-state index contributed by atoms with van der Waals surface area (Å²) in [5.74, 6) is 0.758. The number of carbonyl (C=O) groups excluding carboxylic acids is 2. The van der Waals surface area contributed by atoms with Crippen molar-refractivity contribution in [3.8, 4) is 5.75 Å². The summed E-state index contributed by atoms with van der Waals surface area (Å²) < 4.78 is 7.30. The van der Waals surface area contributed by atoms with Crippen LogP contribution in [0.5, 0.6) is 5.75 Å². The lowest BCUT2D eigenvalue weighted by Crippen LogP contribution is -2.29. The number of carbonyl (C=O) groups is 2. The van der Waals surface area contributed by atoms with Crippen molar-refractivity contribution >= 4 is 23.3 Å². The fourth-order valence-electron chi connectivity index (χ4n) is 4.23. The van der Waals surface area contributed by atoms with Gasteiger partial charge in [-0.15, -0.1) is 0 Å². The summed E-state index contributed by atoms with van der Waals surface area (Å²) in [6.45, 7) is 0.350. The van der Waals surface area contributed by atoms with Crippen LogP contribution in [0.15, 0.2) is 36.5 Å². The van der Waals surface area contributed by atoms with Crippen LogP contribution in [0.3, 0.4) is 0 Å². The summed E-state index contributed by atoms with van der Waals surface area (Å²) in [6.07, 6.45) is 7.77. The standard InChI is InChI=1S/C21H26N4O3/c1-28-18-10-6-5-9-17(18)24-14-15(13-20(24)26)21(27)23-19-11-12-22-25(19)16-7-3-2-4-8-16/h5-6,9-12,15-16H,2-4,7-8,13-14H2,1H3,(H,23,27). The van der Waals surface area contributed by atoms with Gasteiger partial charge < -0.3 is 15.0 Å². The van der Waals surface area contributed by atoms with Gasteiger partial charge in [-0.2, -0.15) is 5.10 Å². The molecule has 7 heteroatoms. The molecule has 0 radical (unpaired) electrons. The first-order valence-electron chi connectivity index (χ1n) is 9.95. The second kappa shape index (κ2) is 8.04. The summed E-state index contributed by atoms with van der Waals surface area (Å²) in [6, 6.07) is 9.56. The Morgan fingerprint density at radius 1 is 1.18 bits per heavy atom. The molecule has 1 aromatic carbocycles. The van der Waals surface area contributed by atoms with Crippen molar-refractivity contribution in [3.63, 3.8) is 0 Å². The molecule has 1 saturated heterocycles. The molecule has 1 aromatic heterocycles. The number of hydrogen-bond acceptors (Lipinski definition) is 4. The Labute approximate surface area is 164 Å². The second-order valence-electron chi connectivity index (χ2n) is 7.52. The molecule has 4 rings (SSSR count). The van der Waals surface area contributed by atoms with Crippen LogP contribution in [0.25, 0.3) is 0 Å². The average Bonchev–Trinajstić information content (AvgIpc) is 3.35. The van der Waals surface area contributed by atoms with Gasteiger partial charge in [-0.25, -0.2) is 4.68 Å². The van der Waals surface area contributed by atoms with Crippen LogP contribution in [0.4, 0.5) is 11.5 Å². The normalized spacial score (nSPS) is 20.4. The molecule has 2 fully saturated rings. The van der Waals surface area contributed by atoms with Crippen LogP contribution < -0.4 is 15.0 Å². The predicted octanol–water partition coefficient (Wildman–Crippen LogP) is 3.39. The number of ether oxygens (including phenoxy) is 1. The fourth-order valence-corrected chi connectivity index (χ4v) is 4.23. The fraction of sp³-hybridized carbons (Fsp3) is 0.476. The highest BCUT2D eigenvalue weighted by molar-refractivity contribution is 6.04. The van der Waals surface area contributed by atoms with E-state index in [1.807, 2.05) is 35.0 Å². The number of methoxy groups -OCH3 is 1. The minimum atomic E-state index is -0.396. The van der Waals surface area contributed by atoms with Gasteiger partial charge in [0.05, 0.1) is 31.0 Å². The van der Waals surface area contributed by atoms with Gasteiger partial charge in [0.1, 0.15) is 11.6 Å². The van der Waals surface area contributed by atoms with Crippen molar-refractivity contribution < 1.29 is 14.3 Å². The molecular formula is C21H26N4O3. The molecule has 1 atom stereocenters. The maximum absolute atomic E-state index is 12.9. The highest BCUT2D eigenvalue weighted by atomic mass is 16.5. The summed E-state index contributed by atoms with van der Waals surface area (Å²) >= 11 is 0. The van der Waals surface area contributed by atoms with E-state index in [-0.39, 0.29) is 18.2 Å². The summed E-state index contributed by atoms with van der Waals surface area (Å²) in [7, 11) is 1.58. The first kappa shape index (κ1) is 18.5. The molecule has 1 saturated carbocycles. The second-order valence-corrected chi connectivity index (χ2v) is 7.52. The number of nitrogens with zero attached hydrogens (tertiary/aromatic N) is 3. The SMILES string of the molecule is COc1ccccc1N1CC(C(=O)Nc2ccnn2C2CCCCC2)CC1=O. The van der Waals surface area contributed by atoms with E-state index in [4.69, 9.17) is 4.74 Å². The number of anilines is 2. The highest BCUT2D eigenvalue weighted by Crippen LogP contribution is 2.34. The number of para-hydroxylation sites is 2. The Hall–Kier alpha value is -2.83. The third kappa shape index (κ3) is 3.61. The number of rotatable bonds is 5. The van der Waals surface area contributed by atoms with E-state index in [1.54, 1.807) is 18.2 Å². The molecule has 1 aliphatic heterocycles. The largest absolute Gasteiger partial charge is 0.495 e. The Bertz CT molecular complexity index is 857. The summed E-state index contributed by atoms with van der Waals surface area (Å²) in [4.78, 5) is 27.0. The van der Waals surface area contributed by atoms with E-state index in [0.717, 1.165) is 18.7 Å². The Kier molecular flexibility index (Phi) is 5.32. The topological polar surface area (TPSA) is 76.5 Å². The minimum absolute atomic E-state index is 0.0644. The van der Waals surface area contributed by atoms with Gasteiger partial charge in [-0.1, -0.05) is 31.4 Å². The smallest absolute Gasteiger partial charge is 0.230 e. The molecule has 7 nitrogen and oxygen atoms in total. The first-order valence-corrected chi connectivity index (χ1v) is 9.95. The van der Waals surface area contributed by atoms with Crippen molar-refractivity contribution in [2.45, 2.75) is 44.6 Å². The zero-order valence-electron chi connectivity index (χ0n) is 16.1. The third-order valence-electron chi connectivity index (χ3n) is 5.71. The van der Waals surface area contributed by atoms with Crippen LogP contribution >= 0.6 is 0 Å². The Morgan fingerprint density at radius 3 is 2.75 bits per heavy atom. The molecule has 1 N–H and O–H groups in total. The lowest BCUT2D eigenvalue weighted by Gasteiger charge is -2.24. The molecule has 2 amide bonds. The molecule has 0 bridgehead atoms. The zero-order chi connectivity index (χ0) is 19.5. The Morgan fingerprint density at radius 2 is 1.96 bits per heavy atom. The monoisotopic (exact) mass is 382 g/mol. The van der Waals surface area contributed by atoms with Crippen molar-refractivity contribution in [2.75, 3.05) is 23.9 Å². The lowest BCUT2D eigenvalue weighted by molar-refractivity contribution is -0.122. The number of benzene rings is 1. The zero-order valence-corrected chi connectivity index (χ0v) is 16.1. The maximum Gasteiger partial charge on any atom is 0.230 e. The molecule has 2 aromatic rings. The van der Waals surface area contributed by atoms with E-state index < -0.39 is 5.92 Å². The van der Waals surface area contributed by atoms with Crippen molar-refractivity contribution in [1.82, 2.24) is 9.78 Å². The third-order valence-corrected chi connectivity index (χ3v) is 5.71. The van der Waals surface area contributed by atoms with Crippen LogP contribution in [-0.2, 0) is 9.59 Å². The lowest BCUT2D eigenvalue weighted by atomic mass is 9.96. The maximum atomic E-state index is 12.9. The number of amides is 2. The van der Waals surface area contributed by atoms with Gasteiger partial charge >= 0.3 is 0 Å². The number of nitrogens with one attached hydrogen (secondary N) is 1. The van der Waals surface area contributed by atoms with Crippen molar-refractivity contribution in [2.24, 2.45) is 5.92 Å². The summed E-state index contributed by atoms with van der Waals surface area (Å²) in [5.41, 5.74) is 0.706. The van der Waals surface area contributed by atoms with E-state index in [9.17, 15) is 9.59 Å². The minimum Gasteiger partial charge on any atom is -0.495 e. The molecule has 0 spiro atoms. The van der Waals surface area contributed by atoms with Gasteiger partial charge in [0.2, 0.25) is 11.8 Å². The van der Waals surface area contributed by atoms with Crippen LogP contribution in [0, 0.1) is 5.92 Å². The molecule has 2 heterocycles. The molecule has 148 valence electrons. The van der Waals surface area contributed by atoms with Crippen LogP contribution in [0.1, 0.15) is 44.6 Å². The van der Waals surface area contributed by atoms with E-state index in [0.29, 0.717) is 24.0 Å². The van der Waals surface area contributed by atoms with Crippen LogP contribution in [-0.4, -0.2) is 35.2 Å². The highest BCUT2D eigenvalue weighted by Gasteiger charge is 2.36. The molecule has 1 unspecified atom stereocenters. The van der Waals surface area contributed by atoms with E-state index in [1.165, 1.54) is 19.3 Å². The average molecular weight is 382 g/mol. The van der Waals surface area contributed by atoms with Gasteiger partial charge in [-0.3, -0.25) is 9.59 Å². The van der Waals surface area contributed by atoms with E-state index in [2.05, 4.69) is 10.4 Å². The van der Waals surface area contributed by atoms with Gasteiger partial charge in [0.15, 0.2) is 0 Å². The Balaban J connectivity index is 1.45. The molecule has 2 aliphatic rings.